The number of para-hydroxylation sites is 1. The molecule has 1 heterocycles. The molecular formula is C30H33FN2O. The van der Waals surface area contributed by atoms with Gasteiger partial charge in [0, 0.05) is 17.3 Å². The Bertz CT molecular complexity index is 1120. The van der Waals surface area contributed by atoms with Crippen molar-refractivity contribution in [2.24, 2.45) is 0 Å². The average Bonchev–Trinajstić information content (AvgIpc) is 3.35. The summed E-state index contributed by atoms with van der Waals surface area (Å²) in [6, 6.07) is 23.5. The van der Waals surface area contributed by atoms with Crippen LogP contribution in [-0.4, -0.2) is 29.9 Å². The number of amides is 1. The molecule has 176 valence electrons. The molecule has 0 radical (unpaired) electrons. The Morgan fingerprint density at radius 3 is 2.32 bits per heavy atom. The van der Waals surface area contributed by atoms with Gasteiger partial charge in [-0.2, -0.15) is 0 Å². The maximum absolute atomic E-state index is 13.2. The van der Waals surface area contributed by atoms with E-state index < -0.39 is 0 Å². The van der Waals surface area contributed by atoms with Crippen LogP contribution in [0.15, 0.2) is 72.8 Å². The Balaban J connectivity index is 1.17. The van der Waals surface area contributed by atoms with Crippen molar-refractivity contribution in [2.45, 2.75) is 56.9 Å². The van der Waals surface area contributed by atoms with Crippen molar-refractivity contribution < 1.29 is 9.18 Å². The molecule has 3 aromatic carbocycles. The first kappa shape index (κ1) is 22.8. The van der Waals surface area contributed by atoms with Crippen LogP contribution in [0.2, 0.25) is 0 Å². The molecule has 1 aliphatic carbocycles. The lowest BCUT2D eigenvalue weighted by Gasteiger charge is -2.36. The number of likely N-dealkylation sites (tertiary alicyclic amines) is 1. The Kier molecular flexibility index (Phi) is 6.77. The van der Waals surface area contributed by atoms with Crippen LogP contribution in [0.1, 0.15) is 71.0 Å². The molecule has 0 spiro atoms. The first-order chi connectivity index (χ1) is 16.6. The van der Waals surface area contributed by atoms with E-state index >= 15 is 0 Å². The molecule has 5 rings (SSSR count). The van der Waals surface area contributed by atoms with Crippen molar-refractivity contribution in [1.29, 1.82) is 0 Å². The fourth-order valence-corrected chi connectivity index (χ4v) is 5.90. The summed E-state index contributed by atoms with van der Waals surface area (Å²) in [5, 5.41) is 2.98. The van der Waals surface area contributed by atoms with Gasteiger partial charge in [0.25, 0.3) is 5.91 Å². The van der Waals surface area contributed by atoms with Gasteiger partial charge in [0.15, 0.2) is 0 Å². The van der Waals surface area contributed by atoms with Gasteiger partial charge in [-0.15, -0.1) is 0 Å². The highest BCUT2D eigenvalue weighted by atomic mass is 19.1. The van der Waals surface area contributed by atoms with Gasteiger partial charge in [0.1, 0.15) is 5.82 Å². The third kappa shape index (κ3) is 5.07. The summed E-state index contributed by atoms with van der Waals surface area (Å²) in [6.45, 7) is 4.38. The minimum absolute atomic E-state index is 0.0610. The summed E-state index contributed by atoms with van der Waals surface area (Å²) < 4.78 is 13.2. The van der Waals surface area contributed by atoms with Gasteiger partial charge < -0.3 is 10.2 Å². The largest absolute Gasteiger partial charge is 0.322 e. The van der Waals surface area contributed by atoms with E-state index in [-0.39, 0.29) is 11.7 Å². The van der Waals surface area contributed by atoms with E-state index in [0.717, 1.165) is 31.6 Å². The van der Waals surface area contributed by atoms with Gasteiger partial charge in [0.2, 0.25) is 0 Å². The number of rotatable bonds is 5. The second-order valence-corrected chi connectivity index (χ2v) is 9.92. The van der Waals surface area contributed by atoms with E-state index in [4.69, 9.17) is 0 Å². The number of piperidine rings is 1. The zero-order valence-corrected chi connectivity index (χ0v) is 19.8. The van der Waals surface area contributed by atoms with Crippen LogP contribution in [0, 0.1) is 12.7 Å². The standard InChI is InChI=1S/C30H33FN2O/c1-21-19-25(30(34)32-27-5-3-2-4-6-27)10-14-29(21)24-9-13-28(20-24)33-17-15-23(16-18-33)22-7-11-26(31)12-8-22/h2-8,10-12,14,19,23-24,28H,9,13,15-18,20H2,1H3,(H,32,34). The number of halogens is 1. The Morgan fingerprint density at radius 1 is 0.882 bits per heavy atom. The van der Waals surface area contributed by atoms with E-state index in [1.165, 1.54) is 36.0 Å². The quantitative estimate of drug-likeness (QED) is 0.453. The third-order valence-corrected chi connectivity index (χ3v) is 7.80. The number of carbonyl (C=O) groups is 1. The minimum atomic E-state index is -0.154. The number of hydrogen-bond donors (Lipinski definition) is 1. The summed E-state index contributed by atoms with van der Waals surface area (Å²) in [5.74, 6) is 0.893. The first-order valence-corrected chi connectivity index (χ1v) is 12.5. The second-order valence-electron chi connectivity index (χ2n) is 9.92. The molecule has 2 fully saturated rings. The van der Waals surface area contributed by atoms with Crippen LogP contribution in [0.3, 0.4) is 0 Å². The molecule has 34 heavy (non-hydrogen) atoms. The van der Waals surface area contributed by atoms with E-state index in [1.807, 2.05) is 54.6 Å². The van der Waals surface area contributed by atoms with Crippen LogP contribution in [0.4, 0.5) is 10.1 Å². The monoisotopic (exact) mass is 456 g/mol. The second kappa shape index (κ2) is 10.1. The van der Waals surface area contributed by atoms with Crippen molar-refractivity contribution >= 4 is 11.6 Å². The maximum Gasteiger partial charge on any atom is 0.255 e. The van der Waals surface area contributed by atoms with E-state index in [1.54, 1.807) is 12.1 Å². The minimum Gasteiger partial charge on any atom is -0.322 e. The molecule has 0 bridgehead atoms. The molecule has 0 aromatic heterocycles. The van der Waals surface area contributed by atoms with Gasteiger partial charge in [0.05, 0.1) is 0 Å². The summed E-state index contributed by atoms with van der Waals surface area (Å²) in [4.78, 5) is 15.3. The lowest BCUT2D eigenvalue weighted by Crippen LogP contribution is -2.39. The Morgan fingerprint density at radius 2 is 1.62 bits per heavy atom. The van der Waals surface area contributed by atoms with Gasteiger partial charge >= 0.3 is 0 Å². The van der Waals surface area contributed by atoms with E-state index in [2.05, 4.69) is 23.2 Å². The Hall–Kier alpha value is -2.98. The SMILES string of the molecule is Cc1cc(C(=O)Nc2ccccc2)ccc1C1CCC(N2CCC(c3ccc(F)cc3)CC2)C1. The van der Waals surface area contributed by atoms with Crippen molar-refractivity contribution in [3.63, 3.8) is 0 Å². The van der Waals surface area contributed by atoms with Crippen molar-refractivity contribution in [2.75, 3.05) is 18.4 Å². The highest BCUT2D eigenvalue weighted by Crippen LogP contribution is 2.40. The predicted molar refractivity (Wildman–Crippen MR) is 136 cm³/mol. The highest BCUT2D eigenvalue weighted by Gasteiger charge is 2.33. The molecule has 1 amide bonds. The lowest BCUT2D eigenvalue weighted by molar-refractivity contribution is 0.102. The maximum atomic E-state index is 13.2. The number of carbonyl (C=O) groups excluding carboxylic acids is 1. The first-order valence-electron chi connectivity index (χ1n) is 12.5. The van der Waals surface area contributed by atoms with Gasteiger partial charge in [-0.25, -0.2) is 4.39 Å². The zero-order chi connectivity index (χ0) is 23.5. The van der Waals surface area contributed by atoms with Gasteiger partial charge in [-0.1, -0.05) is 36.4 Å². The summed E-state index contributed by atoms with van der Waals surface area (Å²) in [7, 11) is 0. The lowest BCUT2D eigenvalue weighted by atomic mass is 9.88. The molecule has 1 saturated heterocycles. The highest BCUT2D eigenvalue weighted by molar-refractivity contribution is 6.04. The Labute approximate surface area is 202 Å². The molecule has 4 heteroatoms. The molecule has 1 N–H and O–H groups in total. The van der Waals surface area contributed by atoms with Crippen LogP contribution < -0.4 is 5.32 Å². The summed E-state index contributed by atoms with van der Waals surface area (Å²) in [6.07, 6.45) is 5.94. The van der Waals surface area contributed by atoms with Crippen molar-refractivity contribution in [3.8, 4) is 0 Å². The third-order valence-electron chi connectivity index (χ3n) is 7.80. The average molecular weight is 457 g/mol. The van der Waals surface area contributed by atoms with E-state index in [9.17, 15) is 9.18 Å². The fourth-order valence-electron chi connectivity index (χ4n) is 5.90. The summed E-state index contributed by atoms with van der Waals surface area (Å²) >= 11 is 0. The zero-order valence-electron chi connectivity index (χ0n) is 19.8. The molecule has 2 unspecified atom stereocenters. The van der Waals surface area contributed by atoms with Crippen LogP contribution >= 0.6 is 0 Å². The van der Waals surface area contributed by atoms with Crippen LogP contribution in [0.5, 0.6) is 0 Å². The number of anilines is 1. The number of nitrogens with zero attached hydrogens (tertiary/aromatic N) is 1. The number of aryl methyl sites for hydroxylation is 1. The molecule has 1 aliphatic heterocycles. The number of nitrogens with one attached hydrogen (secondary N) is 1. The number of benzene rings is 3. The normalized spacial score (nSPS) is 21.5. The molecule has 3 aromatic rings. The van der Waals surface area contributed by atoms with Gasteiger partial charge in [-0.3, -0.25) is 4.79 Å². The topological polar surface area (TPSA) is 32.3 Å². The van der Waals surface area contributed by atoms with Crippen LogP contribution in [0.25, 0.3) is 0 Å². The van der Waals surface area contributed by atoms with E-state index in [0.29, 0.717) is 23.4 Å². The van der Waals surface area contributed by atoms with Gasteiger partial charge in [-0.05, 0) is 117 Å². The molecule has 2 aliphatic rings. The van der Waals surface area contributed by atoms with Crippen molar-refractivity contribution in [1.82, 2.24) is 4.90 Å². The number of hydrogen-bond acceptors (Lipinski definition) is 2. The van der Waals surface area contributed by atoms with Crippen LogP contribution in [-0.2, 0) is 0 Å². The predicted octanol–water partition coefficient (Wildman–Crippen LogP) is 6.90. The molecule has 1 saturated carbocycles. The van der Waals surface area contributed by atoms with Crippen molar-refractivity contribution in [3.05, 3.63) is 101 Å². The summed E-state index contributed by atoms with van der Waals surface area (Å²) in [5.41, 5.74) is 5.40. The molecular weight excluding hydrogens is 423 g/mol. The molecule has 2 atom stereocenters. The fraction of sp³-hybridized carbons (Fsp3) is 0.367. The molecule has 3 nitrogen and oxygen atoms in total. The smallest absolute Gasteiger partial charge is 0.255 e.